The predicted molar refractivity (Wildman–Crippen MR) is 37.4 cm³/mol. The average molecular weight is 141 g/mol. The van der Waals surface area contributed by atoms with Crippen LogP contribution in [0.25, 0.3) is 0 Å². The Kier molecular flexibility index (Phi) is 2.06. The van der Waals surface area contributed by atoms with Gasteiger partial charge in [-0.25, -0.2) is 0 Å². The van der Waals surface area contributed by atoms with E-state index in [1.165, 1.54) is 0 Å². The number of aliphatic hydroxyl groups excluding tert-OH is 1. The molecule has 1 saturated heterocycles. The fourth-order valence-corrected chi connectivity index (χ4v) is 1.08. The molecule has 0 aromatic heterocycles. The first kappa shape index (κ1) is 7.28. The average Bonchev–Trinajstić information content (AvgIpc) is 2.13. The number of carbonyl (C=O) groups is 1. The molecule has 1 unspecified atom stereocenters. The maximum atomic E-state index is 10.9. The van der Waals surface area contributed by atoms with Crippen molar-refractivity contribution in [3.8, 4) is 0 Å². The van der Waals surface area contributed by atoms with E-state index >= 15 is 0 Å². The molecule has 0 aromatic rings. The number of aliphatic hydroxyl groups is 1. The number of likely N-dealkylation sites (tertiary alicyclic amines) is 1. The summed E-state index contributed by atoms with van der Waals surface area (Å²) in [5.74, 6) is 0.0207. The molecule has 1 N–H and O–H groups in total. The van der Waals surface area contributed by atoms with Crippen molar-refractivity contribution in [1.29, 1.82) is 0 Å². The molecule has 0 aromatic carbocycles. The van der Waals surface area contributed by atoms with Crippen LogP contribution in [0.4, 0.5) is 0 Å². The molecule has 1 rings (SSSR count). The maximum Gasteiger partial charge on any atom is 0.225 e. The second kappa shape index (κ2) is 2.84. The van der Waals surface area contributed by atoms with Crippen LogP contribution in [0.5, 0.6) is 0 Å². The van der Waals surface area contributed by atoms with Gasteiger partial charge in [0.25, 0.3) is 0 Å². The Morgan fingerprint density at radius 3 is 3.00 bits per heavy atom. The standard InChI is InChI=1S/C7H11NO2/c1-2-3-8-5-6(9)4-7(8)10/h2,6,9H,1,3-5H2. The van der Waals surface area contributed by atoms with E-state index < -0.39 is 6.10 Å². The lowest BCUT2D eigenvalue weighted by molar-refractivity contribution is -0.127. The number of hydrogen-bond acceptors (Lipinski definition) is 2. The van der Waals surface area contributed by atoms with Crippen LogP contribution in [0, 0.1) is 0 Å². The molecule has 1 fully saturated rings. The van der Waals surface area contributed by atoms with E-state index in [9.17, 15) is 4.79 Å². The molecule has 1 aliphatic heterocycles. The van der Waals surface area contributed by atoms with E-state index in [0.29, 0.717) is 13.1 Å². The Balaban J connectivity index is 2.46. The monoisotopic (exact) mass is 141 g/mol. The quantitative estimate of drug-likeness (QED) is 0.539. The van der Waals surface area contributed by atoms with Gasteiger partial charge in [-0.15, -0.1) is 6.58 Å². The van der Waals surface area contributed by atoms with Gasteiger partial charge in [0, 0.05) is 13.1 Å². The summed E-state index contributed by atoms with van der Waals surface area (Å²) in [7, 11) is 0. The van der Waals surface area contributed by atoms with Crippen molar-refractivity contribution in [3.63, 3.8) is 0 Å². The third-order valence-corrected chi connectivity index (χ3v) is 1.54. The highest BCUT2D eigenvalue weighted by atomic mass is 16.3. The summed E-state index contributed by atoms with van der Waals surface area (Å²) in [5.41, 5.74) is 0. The summed E-state index contributed by atoms with van der Waals surface area (Å²) in [5, 5.41) is 9.00. The van der Waals surface area contributed by atoms with Crippen molar-refractivity contribution in [3.05, 3.63) is 12.7 Å². The first-order chi connectivity index (χ1) is 4.74. The Bertz CT molecular complexity index is 156. The predicted octanol–water partition coefficient (Wildman–Crippen LogP) is -0.234. The van der Waals surface area contributed by atoms with Crippen molar-refractivity contribution < 1.29 is 9.90 Å². The van der Waals surface area contributed by atoms with Crippen LogP contribution in [0.2, 0.25) is 0 Å². The fraction of sp³-hybridized carbons (Fsp3) is 0.571. The van der Waals surface area contributed by atoms with E-state index in [1.54, 1.807) is 11.0 Å². The van der Waals surface area contributed by atoms with Gasteiger partial charge >= 0.3 is 0 Å². The summed E-state index contributed by atoms with van der Waals surface area (Å²) in [6, 6.07) is 0. The summed E-state index contributed by atoms with van der Waals surface area (Å²) < 4.78 is 0. The maximum absolute atomic E-state index is 10.9. The molecular weight excluding hydrogens is 130 g/mol. The van der Waals surface area contributed by atoms with E-state index in [2.05, 4.69) is 6.58 Å². The smallest absolute Gasteiger partial charge is 0.225 e. The molecule has 10 heavy (non-hydrogen) atoms. The zero-order valence-electron chi connectivity index (χ0n) is 5.79. The number of nitrogens with zero attached hydrogens (tertiary/aromatic N) is 1. The number of hydrogen-bond donors (Lipinski definition) is 1. The molecule has 0 spiro atoms. The highest BCUT2D eigenvalue weighted by molar-refractivity contribution is 5.79. The Labute approximate surface area is 59.9 Å². The van der Waals surface area contributed by atoms with Gasteiger partial charge in [0.05, 0.1) is 12.5 Å². The minimum absolute atomic E-state index is 0.0207. The topological polar surface area (TPSA) is 40.5 Å². The van der Waals surface area contributed by atoms with Gasteiger partial charge in [0.1, 0.15) is 0 Å². The highest BCUT2D eigenvalue weighted by Crippen LogP contribution is 2.09. The van der Waals surface area contributed by atoms with Crippen molar-refractivity contribution in [2.75, 3.05) is 13.1 Å². The van der Waals surface area contributed by atoms with Crippen LogP contribution in [0.3, 0.4) is 0 Å². The van der Waals surface area contributed by atoms with Crippen molar-refractivity contribution in [2.24, 2.45) is 0 Å². The molecule has 1 heterocycles. The number of amides is 1. The molecule has 56 valence electrons. The number of rotatable bonds is 2. The second-order valence-corrected chi connectivity index (χ2v) is 2.45. The van der Waals surface area contributed by atoms with Gasteiger partial charge in [-0.1, -0.05) is 6.08 Å². The molecule has 0 saturated carbocycles. The Hall–Kier alpha value is -0.830. The second-order valence-electron chi connectivity index (χ2n) is 2.45. The lowest BCUT2D eigenvalue weighted by atomic mass is 10.3. The van der Waals surface area contributed by atoms with Crippen molar-refractivity contribution >= 4 is 5.91 Å². The van der Waals surface area contributed by atoms with Gasteiger partial charge < -0.3 is 10.0 Å². The third kappa shape index (κ3) is 1.36. The van der Waals surface area contributed by atoms with Crippen LogP contribution in [-0.2, 0) is 4.79 Å². The van der Waals surface area contributed by atoms with Gasteiger partial charge in [-0.2, -0.15) is 0 Å². The molecule has 0 radical (unpaired) electrons. The molecular formula is C7H11NO2. The van der Waals surface area contributed by atoms with E-state index in [0.717, 1.165) is 0 Å². The normalized spacial score (nSPS) is 25.5. The highest BCUT2D eigenvalue weighted by Gasteiger charge is 2.26. The van der Waals surface area contributed by atoms with E-state index in [1.807, 2.05) is 0 Å². The zero-order chi connectivity index (χ0) is 7.56. The molecule has 0 aliphatic carbocycles. The van der Waals surface area contributed by atoms with Crippen LogP contribution >= 0.6 is 0 Å². The molecule has 1 aliphatic rings. The summed E-state index contributed by atoms with van der Waals surface area (Å²) in [4.78, 5) is 12.5. The molecule has 0 bridgehead atoms. The van der Waals surface area contributed by atoms with Crippen LogP contribution in [0.15, 0.2) is 12.7 Å². The van der Waals surface area contributed by atoms with Gasteiger partial charge in [0.15, 0.2) is 0 Å². The van der Waals surface area contributed by atoms with Crippen LogP contribution in [-0.4, -0.2) is 35.1 Å². The first-order valence-corrected chi connectivity index (χ1v) is 3.30. The molecule has 1 atom stereocenters. The summed E-state index contributed by atoms with van der Waals surface area (Å²) >= 11 is 0. The van der Waals surface area contributed by atoms with Gasteiger partial charge in [-0.05, 0) is 0 Å². The molecule has 3 heteroatoms. The minimum atomic E-state index is -0.465. The van der Waals surface area contributed by atoms with Gasteiger partial charge in [-0.3, -0.25) is 4.79 Å². The third-order valence-electron chi connectivity index (χ3n) is 1.54. The minimum Gasteiger partial charge on any atom is -0.391 e. The van der Waals surface area contributed by atoms with Crippen LogP contribution < -0.4 is 0 Å². The van der Waals surface area contributed by atoms with E-state index in [-0.39, 0.29) is 12.3 Å². The zero-order valence-corrected chi connectivity index (χ0v) is 5.79. The van der Waals surface area contributed by atoms with Crippen LogP contribution in [0.1, 0.15) is 6.42 Å². The summed E-state index contributed by atoms with van der Waals surface area (Å²) in [6.07, 6.45) is 1.47. The Morgan fingerprint density at radius 2 is 2.60 bits per heavy atom. The molecule has 3 nitrogen and oxygen atoms in total. The largest absolute Gasteiger partial charge is 0.391 e. The number of β-amino-alcohol motifs (C(OH)–C–C–N with tert-alkyl or cyclic N) is 1. The lowest BCUT2D eigenvalue weighted by Crippen LogP contribution is -2.25. The molecule has 1 amide bonds. The van der Waals surface area contributed by atoms with Crippen molar-refractivity contribution in [2.45, 2.75) is 12.5 Å². The SMILES string of the molecule is C=CCN1CC(O)CC1=O. The van der Waals surface area contributed by atoms with E-state index in [4.69, 9.17) is 5.11 Å². The fourth-order valence-electron chi connectivity index (χ4n) is 1.08. The van der Waals surface area contributed by atoms with Gasteiger partial charge in [0.2, 0.25) is 5.91 Å². The summed E-state index contributed by atoms with van der Waals surface area (Å²) in [6.45, 7) is 4.52. The number of carbonyl (C=O) groups excluding carboxylic acids is 1. The first-order valence-electron chi connectivity index (χ1n) is 3.30. The van der Waals surface area contributed by atoms with Crippen molar-refractivity contribution in [1.82, 2.24) is 4.90 Å². The lowest BCUT2D eigenvalue weighted by Gasteiger charge is -2.11. The Morgan fingerprint density at radius 1 is 1.90 bits per heavy atom.